The maximum absolute atomic E-state index is 12.3. The van der Waals surface area contributed by atoms with Gasteiger partial charge in [-0.2, -0.15) is 0 Å². The van der Waals surface area contributed by atoms with Crippen molar-refractivity contribution in [2.45, 2.75) is 25.8 Å². The van der Waals surface area contributed by atoms with Gasteiger partial charge < -0.3 is 10.1 Å². The van der Waals surface area contributed by atoms with Gasteiger partial charge in [0.25, 0.3) is 0 Å². The van der Waals surface area contributed by atoms with Crippen LogP contribution in [0.4, 0.5) is 0 Å². The van der Waals surface area contributed by atoms with Gasteiger partial charge in [-0.05, 0) is 59.4 Å². The number of H-pyrrole nitrogens is 1. The van der Waals surface area contributed by atoms with Crippen molar-refractivity contribution in [2.24, 2.45) is 0 Å². The van der Waals surface area contributed by atoms with Crippen molar-refractivity contribution in [2.75, 3.05) is 0 Å². The van der Waals surface area contributed by atoms with E-state index in [4.69, 9.17) is 0 Å². The third kappa shape index (κ3) is 4.11. The summed E-state index contributed by atoms with van der Waals surface area (Å²) in [7, 11) is 0. The summed E-state index contributed by atoms with van der Waals surface area (Å²) in [5, 5.41) is 11.7. The predicted molar refractivity (Wildman–Crippen MR) is 108 cm³/mol. The van der Waals surface area contributed by atoms with E-state index >= 15 is 0 Å². The van der Waals surface area contributed by atoms with Crippen molar-refractivity contribution < 1.29 is 5.11 Å². The van der Waals surface area contributed by atoms with Crippen molar-refractivity contribution in [3.05, 3.63) is 100 Å². The molecule has 4 rings (SSSR count). The number of imidazole rings is 1. The van der Waals surface area contributed by atoms with Crippen molar-refractivity contribution in [3.63, 3.8) is 0 Å². The van der Waals surface area contributed by atoms with Crippen LogP contribution in [0.25, 0.3) is 10.8 Å². The Morgan fingerprint density at radius 2 is 1.59 bits per heavy atom. The van der Waals surface area contributed by atoms with Gasteiger partial charge in [-0.15, -0.1) is 0 Å². The minimum Gasteiger partial charge on any atom is -0.508 e. The zero-order valence-corrected chi connectivity index (χ0v) is 15.1. The number of hydrogen-bond acceptors (Lipinski definition) is 2. The Labute approximate surface area is 157 Å². The van der Waals surface area contributed by atoms with Crippen LogP contribution < -0.4 is 5.69 Å². The third-order valence-electron chi connectivity index (χ3n) is 4.85. The quantitative estimate of drug-likeness (QED) is 0.541. The molecule has 0 aliphatic heterocycles. The molecule has 2 N–H and O–H groups in total. The lowest BCUT2D eigenvalue weighted by Gasteiger charge is -2.04. The van der Waals surface area contributed by atoms with E-state index in [1.165, 1.54) is 16.3 Å². The first-order valence-electron chi connectivity index (χ1n) is 9.21. The van der Waals surface area contributed by atoms with E-state index in [9.17, 15) is 9.90 Å². The summed E-state index contributed by atoms with van der Waals surface area (Å²) in [6, 6.07) is 21.8. The van der Waals surface area contributed by atoms with Gasteiger partial charge in [0.2, 0.25) is 0 Å². The van der Waals surface area contributed by atoms with Crippen LogP contribution in [0.15, 0.2) is 77.7 Å². The fraction of sp³-hybridized carbons (Fsp3) is 0.174. The van der Waals surface area contributed by atoms with Crippen LogP contribution in [-0.2, 0) is 19.4 Å². The van der Waals surface area contributed by atoms with Crippen LogP contribution in [0.5, 0.6) is 5.75 Å². The molecule has 0 radical (unpaired) electrons. The Hall–Kier alpha value is -3.27. The number of phenols is 1. The molecule has 4 nitrogen and oxygen atoms in total. The van der Waals surface area contributed by atoms with Crippen molar-refractivity contribution in [1.82, 2.24) is 9.55 Å². The van der Waals surface area contributed by atoms with Crippen LogP contribution in [0.1, 0.15) is 23.2 Å². The van der Waals surface area contributed by atoms with E-state index in [0.29, 0.717) is 6.54 Å². The second kappa shape index (κ2) is 7.54. The molecule has 1 aromatic heterocycles. The number of fused-ring (bicyclic) bond motifs is 1. The molecule has 136 valence electrons. The standard InChI is InChI=1S/C23H22N2O2/c26-22-12-9-17(10-13-22)4-3-7-21-16-25(23(27)24-21)15-18-8-11-19-5-1-2-6-20(19)14-18/h1-2,5-6,8-14,16,26H,3-4,7,15H2,(H,24,27). The van der Waals surface area contributed by atoms with Crippen LogP contribution in [0.2, 0.25) is 0 Å². The predicted octanol–water partition coefficient (Wildman–Crippen LogP) is 4.26. The van der Waals surface area contributed by atoms with Gasteiger partial charge in [0.1, 0.15) is 5.75 Å². The molecule has 0 aliphatic rings. The molecular formula is C23H22N2O2. The minimum absolute atomic E-state index is 0.0669. The molecule has 0 fully saturated rings. The average molecular weight is 358 g/mol. The zero-order valence-electron chi connectivity index (χ0n) is 15.1. The topological polar surface area (TPSA) is 58.0 Å². The number of aryl methyl sites for hydroxylation is 2. The Bertz CT molecular complexity index is 1110. The summed E-state index contributed by atoms with van der Waals surface area (Å²) in [5.41, 5.74) is 3.19. The smallest absolute Gasteiger partial charge is 0.326 e. The van der Waals surface area contributed by atoms with Crippen LogP contribution in [0.3, 0.4) is 0 Å². The number of nitrogens with one attached hydrogen (secondary N) is 1. The summed E-state index contributed by atoms with van der Waals surface area (Å²) >= 11 is 0. The van der Waals surface area contributed by atoms with Crippen molar-refractivity contribution in [3.8, 4) is 5.75 Å². The van der Waals surface area contributed by atoms with E-state index in [1.54, 1.807) is 16.7 Å². The number of hydrogen-bond donors (Lipinski definition) is 2. The molecule has 0 amide bonds. The summed E-state index contributed by atoms with van der Waals surface area (Å²) in [5.74, 6) is 0.286. The largest absolute Gasteiger partial charge is 0.508 e. The van der Waals surface area contributed by atoms with Crippen LogP contribution >= 0.6 is 0 Å². The zero-order chi connectivity index (χ0) is 18.6. The Kier molecular flexibility index (Phi) is 4.79. The highest BCUT2D eigenvalue weighted by Gasteiger charge is 2.05. The SMILES string of the molecule is O=c1[nH]c(CCCc2ccc(O)cc2)cn1Cc1ccc2ccccc2c1. The monoisotopic (exact) mass is 358 g/mol. The fourth-order valence-corrected chi connectivity index (χ4v) is 3.41. The summed E-state index contributed by atoms with van der Waals surface area (Å²) in [6.07, 6.45) is 4.61. The van der Waals surface area contributed by atoms with Crippen molar-refractivity contribution in [1.29, 1.82) is 0 Å². The van der Waals surface area contributed by atoms with Gasteiger partial charge in [0, 0.05) is 11.9 Å². The molecule has 27 heavy (non-hydrogen) atoms. The molecule has 0 spiro atoms. The molecule has 3 aromatic carbocycles. The molecule has 0 aliphatic carbocycles. The number of phenolic OH excluding ortho intramolecular Hbond substituents is 1. The van der Waals surface area contributed by atoms with E-state index in [0.717, 1.165) is 30.5 Å². The maximum atomic E-state index is 12.3. The highest BCUT2D eigenvalue weighted by atomic mass is 16.3. The highest BCUT2D eigenvalue weighted by Crippen LogP contribution is 2.16. The number of nitrogens with zero attached hydrogens (tertiary/aromatic N) is 1. The fourth-order valence-electron chi connectivity index (χ4n) is 3.41. The highest BCUT2D eigenvalue weighted by molar-refractivity contribution is 5.82. The molecular weight excluding hydrogens is 336 g/mol. The summed E-state index contributed by atoms with van der Waals surface area (Å²) in [4.78, 5) is 15.2. The van der Waals surface area contributed by atoms with Crippen LogP contribution in [0, 0.1) is 0 Å². The lowest BCUT2D eigenvalue weighted by molar-refractivity contribution is 0.475. The Morgan fingerprint density at radius 3 is 2.41 bits per heavy atom. The maximum Gasteiger partial charge on any atom is 0.326 e. The molecule has 0 saturated carbocycles. The Morgan fingerprint density at radius 1 is 0.852 bits per heavy atom. The van der Waals surface area contributed by atoms with Crippen molar-refractivity contribution >= 4 is 10.8 Å². The molecule has 1 heterocycles. The molecule has 0 unspecified atom stereocenters. The second-order valence-corrected chi connectivity index (χ2v) is 6.91. The Balaban J connectivity index is 1.41. The van der Waals surface area contributed by atoms with E-state index in [-0.39, 0.29) is 11.4 Å². The van der Waals surface area contributed by atoms with E-state index in [1.807, 2.05) is 30.5 Å². The average Bonchev–Trinajstić information content (AvgIpc) is 3.02. The lowest BCUT2D eigenvalue weighted by atomic mass is 10.1. The summed E-state index contributed by atoms with van der Waals surface area (Å²) in [6.45, 7) is 0.568. The van der Waals surface area contributed by atoms with Gasteiger partial charge in [-0.3, -0.25) is 4.57 Å². The summed E-state index contributed by atoms with van der Waals surface area (Å²) < 4.78 is 1.74. The minimum atomic E-state index is -0.0669. The number of benzene rings is 3. The number of rotatable bonds is 6. The number of aromatic hydroxyl groups is 1. The van der Waals surface area contributed by atoms with Gasteiger partial charge in [0.05, 0.1) is 6.54 Å². The molecule has 4 aromatic rings. The number of aromatic nitrogens is 2. The first-order chi connectivity index (χ1) is 13.2. The third-order valence-corrected chi connectivity index (χ3v) is 4.85. The first kappa shape index (κ1) is 17.2. The molecule has 0 saturated heterocycles. The lowest BCUT2D eigenvalue weighted by Crippen LogP contribution is -2.16. The van der Waals surface area contributed by atoms with E-state index in [2.05, 4.69) is 35.3 Å². The van der Waals surface area contributed by atoms with Gasteiger partial charge >= 0.3 is 5.69 Å². The van der Waals surface area contributed by atoms with Gasteiger partial charge in [0.15, 0.2) is 0 Å². The van der Waals surface area contributed by atoms with Gasteiger partial charge in [-0.1, -0.05) is 48.5 Å². The molecule has 4 heteroatoms. The van der Waals surface area contributed by atoms with E-state index < -0.39 is 0 Å². The second-order valence-electron chi connectivity index (χ2n) is 6.91. The van der Waals surface area contributed by atoms with Crippen LogP contribution in [-0.4, -0.2) is 14.7 Å². The normalized spacial score (nSPS) is 11.1. The van der Waals surface area contributed by atoms with Gasteiger partial charge in [-0.25, -0.2) is 4.79 Å². The first-order valence-corrected chi connectivity index (χ1v) is 9.21. The molecule has 0 atom stereocenters. The molecule has 0 bridgehead atoms. The number of aromatic amines is 1.